The molecular formula is C20H19N3O3. The Morgan fingerprint density at radius 1 is 1.08 bits per heavy atom. The number of ether oxygens (including phenoxy) is 1. The van der Waals surface area contributed by atoms with Gasteiger partial charge in [-0.25, -0.2) is 0 Å². The summed E-state index contributed by atoms with van der Waals surface area (Å²) in [5.41, 5.74) is 1.93. The van der Waals surface area contributed by atoms with Crippen LogP contribution in [0.3, 0.4) is 0 Å². The van der Waals surface area contributed by atoms with Crippen molar-refractivity contribution in [2.45, 2.75) is 20.0 Å². The maximum Gasteiger partial charge on any atom is 0.271 e. The van der Waals surface area contributed by atoms with E-state index in [1.165, 1.54) is 0 Å². The Bertz CT molecular complexity index is 948. The number of rotatable bonds is 5. The molecule has 6 nitrogen and oxygen atoms in total. The van der Waals surface area contributed by atoms with Gasteiger partial charge < -0.3 is 15.0 Å². The molecule has 3 rings (SSSR count). The smallest absolute Gasteiger partial charge is 0.271 e. The Morgan fingerprint density at radius 2 is 1.77 bits per heavy atom. The van der Waals surface area contributed by atoms with Gasteiger partial charge in [0.05, 0.1) is 6.10 Å². The molecule has 26 heavy (non-hydrogen) atoms. The first-order chi connectivity index (χ1) is 12.5. The van der Waals surface area contributed by atoms with Crippen LogP contribution in [0.15, 0.2) is 65.8 Å². The van der Waals surface area contributed by atoms with E-state index in [4.69, 9.17) is 4.74 Å². The molecule has 2 N–H and O–H groups in total. The summed E-state index contributed by atoms with van der Waals surface area (Å²) < 4.78 is 5.56. The van der Waals surface area contributed by atoms with Crippen LogP contribution < -0.4 is 15.6 Å². The number of aromatic amines is 1. The molecule has 1 aromatic carbocycles. The summed E-state index contributed by atoms with van der Waals surface area (Å²) in [4.78, 5) is 31.1. The van der Waals surface area contributed by atoms with E-state index in [0.717, 1.165) is 11.1 Å². The van der Waals surface area contributed by atoms with Crippen LogP contribution in [-0.2, 0) is 0 Å². The summed E-state index contributed by atoms with van der Waals surface area (Å²) in [6.45, 7) is 3.87. The Morgan fingerprint density at radius 3 is 2.42 bits per heavy atom. The van der Waals surface area contributed by atoms with E-state index >= 15 is 0 Å². The third-order valence-electron chi connectivity index (χ3n) is 3.65. The Balaban J connectivity index is 1.80. The average Bonchev–Trinajstić information content (AvgIpc) is 2.64. The summed E-state index contributed by atoms with van der Waals surface area (Å²) in [5.74, 6) is 0.326. The molecule has 0 spiro atoms. The van der Waals surface area contributed by atoms with Gasteiger partial charge in [-0.05, 0) is 61.9 Å². The van der Waals surface area contributed by atoms with E-state index in [2.05, 4.69) is 15.3 Å². The molecule has 0 unspecified atom stereocenters. The second kappa shape index (κ2) is 7.65. The van der Waals surface area contributed by atoms with E-state index in [9.17, 15) is 9.59 Å². The third kappa shape index (κ3) is 4.16. The van der Waals surface area contributed by atoms with Gasteiger partial charge in [-0.1, -0.05) is 0 Å². The third-order valence-corrected chi connectivity index (χ3v) is 3.65. The van der Waals surface area contributed by atoms with E-state index in [-0.39, 0.29) is 23.3 Å². The first-order valence-corrected chi connectivity index (χ1v) is 8.24. The molecule has 0 aliphatic heterocycles. The number of H-pyrrole nitrogens is 1. The van der Waals surface area contributed by atoms with E-state index in [1.54, 1.807) is 48.9 Å². The van der Waals surface area contributed by atoms with Crippen LogP contribution in [0, 0.1) is 0 Å². The molecule has 0 saturated carbocycles. The van der Waals surface area contributed by atoms with Crippen LogP contribution in [-0.4, -0.2) is 22.0 Å². The molecular weight excluding hydrogens is 330 g/mol. The van der Waals surface area contributed by atoms with Crippen molar-refractivity contribution in [3.63, 3.8) is 0 Å². The molecule has 2 heterocycles. The number of carbonyl (C=O) groups excluding carboxylic acids is 1. The van der Waals surface area contributed by atoms with Crippen LogP contribution in [0.1, 0.15) is 24.2 Å². The van der Waals surface area contributed by atoms with Crippen LogP contribution in [0.2, 0.25) is 0 Å². The molecule has 0 aliphatic carbocycles. The zero-order valence-corrected chi connectivity index (χ0v) is 14.5. The molecule has 0 fully saturated rings. The molecule has 0 atom stereocenters. The lowest BCUT2D eigenvalue weighted by atomic mass is 10.1. The number of amides is 1. The van der Waals surface area contributed by atoms with Gasteiger partial charge in [0.25, 0.3) is 11.5 Å². The summed E-state index contributed by atoms with van der Waals surface area (Å²) in [6, 6.07) is 12.1. The summed E-state index contributed by atoms with van der Waals surface area (Å²) in [5, 5.41) is 2.66. The maximum absolute atomic E-state index is 12.4. The van der Waals surface area contributed by atoms with Gasteiger partial charge in [0.2, 0.25) is 0 Å². The lowest BCUT2D eigenvalue weighted by Gasteiger charge is -2.10. The Hall–Kier alpha value is -3.41. The van der Waals surface area contributed by atoms with Gasteiger partial charge in [-0.15, -0.1) is 0 Å². The van der Waals surface area contributed by atoms with Gasteiger partial charge >= 0.3 is 0 Å². The molecule has 6 heteroatoms. The highest BCUT2D eigenvalue weighted by atomic mass is 16.5. The summed E-state index contributed by atoms with van der Waals surface area (Å²) in [6.07, 6.45) is 4.99. The monoisotopic (exact) mass is 349 g/mol. The number of anilines is 1. The molecule has 132 valence electrons. The Labute approximate surface area is 150 Å². The summed E-state index contributed by atoms with van der Waals surface area (Å²) >= 11 is 0. The van der Waals surface area contributed by atoms with Gasteiger partial charge in [-0.2, -0.15) is 0 Å². The predicted molar refractivity (Wildman–Crippen MR) is 100 cm³/mol. The van der Waals surface area contributed by atoms with Gasteiger partial charge in [-0.3, -0.25) is 14.6 Å². The van der Waals surface area contributed by atoms with Gasteiger partial charge in [0.1, 0.15) is 11.4 Å². The normalized spacial score (nSPS) is 10.6. The zero-order valence-electron chi connectivity index (χ0n) is 14.5. The predicted octanol–water partition coefficient (Wildman–Crippen LogP) is 3.48. The van der Waals surface area contributed by atoms with Crippen LogP contribution in [0.4, 0.5) is 5.69 Å². The molecule has 0 aliphatic rings. The lowest BCUT2D eigenvalue weighted by Crippen LogP contribution is -2.19. The maximum atomic E-state index is 12.4. The van der Waals surface area contributed by atoms with Crippen LogP contribution in [0.5, 0.6) is 5.75 Å². The summed E-state index contributed by atoms with van der Waals surface area (Å²) in [7, 11) is 0. The average molecular weight is 349 g/mol. The van der Waals surface area contributed by atoms with Crippen molar-refractivity contribution in [2.75, 3.05) is 5.32 Å². The quantitative estimate of drug-likeness (QED) is 0.739. The second-order valence-electron chi connectivity index (χ2n) is 6.01. The van der Waals surface area contributed by atoms with Crippen molar-refractivity contribution < 1.29 is 9.53 Å². The fourth-order valence-electron chi connectivity index (χ4n) is 2.44. The molecule has 1 amide bonds. The van der Waals surface area contributed by atoms with Gasteiger partial charge in [0.15, 0.2) is 0 Å². The van der Waals surface area contributed by atoms with Crippen molar-refractivity contribution >= 4 is 11.6 Å². The lowest BCUT2D eigenvalue weighted by molar-refractivity contribution is 0.102. The minimum absolute atomic E-state index is 0.0594. The van der Waals surface area contributed by atoms with Crippen LogP contribution in [0.25, 0.3) is 11.1 Å². The molecule has 0 saturated heterocycles. The highest BCUT2D eigenvalue weighted by molar-refractivity contribution is 6.04. The fourth-order valence-corrected chi connectivity index (χ4v) is 2.44. The zero-order chi connectivity index (χ0) is 18.5. The van der Waals surface area contributed by atoms with Crippen LogP contribution >= 0.6 is 0 Å². The number of hydrogen-bond donors (Lipinski definition) is 2. The largest absolute Gasteiger partial charge is 0.491 e. The number of benzene rings is 1. The number of pyridine rings is 2. The number of nitrogens with one attached hydrogen (secondary N) is 2. The molecule has 0 radical (unpaired) electrons. The van der Waals surface area contributed by atoms with E-state index in [1.807, 2.05) is 26.0 Å². The first kappa shape index (κ1) is 17.4. The van der Waals surface area contributed by atoms with Crippen molar-refractivity contribution in [2.24, 2.45) is 0 Å². The molecule has 2 aromatic heterocycles. The van der Waals surface area contributed by atoms with Crippen molar-refractivity contribution in [1.82, 2.24) is 9.97 Å². The minimum Gasteiger partial charge on any atom is -0.491 e. The van der Waals surface area contributed by atoms with E-state index < -0.39 is 0 Å². The van der Waals surface area contributed by atoms with E-state index in [0.29, 0.717) is 11.3 Å². The topological polar surface area (TPSA) is 84.1 Å². The fraction of sp³-hybridized carbons (Fsp3) is 0.150. The number of carbonyl (C=O) groups is 1. The van der Waals surface area contributed by atoms with Crippen molar-refractivity contribution in [3.8, 4) is 16.9 Å². The minimum atomic E-state index is -0.365. The SMILES string of the molecule is CC(C)Oc1ccc(C(=O)Nc2cc(-c3ccncc3)c[nH]c2=O)cc1. The highest BCUT2D eigenvalue weighted by Gasteiger charge is 2.10. The first-order valence-electron chi connectivity index (χ1n) is 8.24. The Kier molecular flexibility index (Phi) is 5.12. The number of aromatic nitrogens is 2. The highest BCUT2D eigenvalue weighted by Crippen LogP contribution is 2.19. The molecule has 3 aromatic rings. The molecule has 0 bridgehead atoms. The van der Waals surface area contributed by atoms with Crippen molar-refractivity contribution in [3.05, 3.63) is 77.0 Å². The van der Waals surface area contributed by atoms with Gasteiger partial charge in [0, 0.05) is 29.7 Å². The van der Waals surface area contributed by atoms with Crippen molar-refractivity contribution in [1.29, 1.82) is 0 Å². The second-order valence-corrected chi connectivity index (χ2v) is 6.01. The number of nitrogens with zero attached hydrogens (tertiary/aromatic N) is 1. The number of hydrogen-bond acceptors (Lipinski definition) is 4. The standard InChI is InChI=1S/C20H19N3O3/c1-13(2)26-17-5-3-15(4-6-17)19(24)23-18-11-16(12-22-20(18)25)14-7-9-21-10-8-14/h3-13H,1-2H3,(H,22,25)(H,23,24).